The Balaban J connectivity index is 1.57. The van der Waals surface area contributed by atoms with Crippen molar-refractivity contribution < 1.29 is 32.6 Å². The average molecular weight is 558 g/mol. The molecule has 0 spiro atoms. The third-order valence-electron chi connectivity index (χ3n) is 5.65. The van der Waals surface area contributed by atoms with Gasteiger partial charge in [0.1, 0.15) is 17.3 Å². The van der Waals surface area contributed by atoms with Gasteiger partial charge in [-0.15, -0.1) is 0 Å². The fraction of sp³-hybridized carbons (Fsp3) is 0.179. The van der Waals surface area contributed by atoms with E-state index in [9.17, 15) is 27.9 Å². The first-order valence-electron chi connectivity index (χ1n) is 11.6. The van der Waals surface area contributed by atoms with Gasteiger partial charge in [0.05, 0.1) is 10.6 Å². The molecule has 0 saturated heterocycles. The molecule has 2 amide bonds. The van der Waals surface area contributed by atoms with Gasteiger partial charge in [0, 0.05) is 29.1 Å². The molecule has 39 heavy (non-hydrogen) atoms. The fourth-order valence-corrected chi connectivity index (χ4v) is 4.13. The zero-order valence-corrected chi connectivity index (χ0v) is 21.8. The Morgan fingerprint density at radius 1 is 0.923 bits per heavy atom. The molecule has 1 aromatic heterocycles. The summed E-state index contributed by atoms with van der Waals surface area (Å²) < 4.78 is 45.4. The smallest absolute Gasteiger partial charge is 0.417 e. The Morgan fingerprint density at radius 3 is 2.28 bits per heavy atom. The number of hydrogen-bond donors (Lipinski definition) is 2. The van der Waals surface area contributed by atoms with Crippen LogP contribution >= 0.6 is 11.6 Å². The SMILES string of the molecule is CC(C)(C)N(C(=O)O)c1cc(Oc2ccc3ccc(C(=O)Nc4ccc(Cl)c(C(F)(F)F)c4)cc3c2)ccn1. The highest BCUT2D eigenvalue weighted by atomic mass is 35.5. The number of nitrogens with one attached hydrogen (secondary N) is 1. The molecule has 0 saturated carbocycles. The normalized spacial score (nSPS) is 11.8. The van der Waals surface area contributed by atoms with E-state index in [-0.39, 0.29) is 17.1 Å². The van der Waals surface area contributed by atoms with Crippen molar-refractivity contribution in [1.82, 2.24) is 4.98 Å². The standard InChI is InChI=1S/C28H23ClF3N3O4/c1-27(2,3)35(26(37)38)24-15-21(10-11-33-24)39-20-8-6-16-4-5-17(12-18(16)13-20)25(36)34-19-7-9-23(29)22(14-19)28(30,31)32/h4-15H,1-3H3,(H,34,36)(H,37,38). The van der Waals surface area contributed by atoms with Gasteiger partial charge in [-0.05, 0) is 80.1 Å². The van der Waals surface area contributed by atoms with Gasteiger partial charge in [-0.1, -0.05) is 23.7 Å². The number of hydrogen-bond acceptors (Lipinski definition) is 4. The summed E-state index contributed by atoms with van der Waals surface area (Å²) in [6.07, 6.45) is -4.38. The number of alkyl halides is 3. The molecule has 4 aromatic rings. The number of aromatic nitrogens is 1. The molecule has 0 bridgehead atoms. The number of carbonyl (C=O) groups excluding carboxylic acids is 1. The molecule has 0 radical (unpaired) electrons. The van der Waals surface area contributed by atoms with E-state index >= 15 is 0 Å². The lowest BCUT2D eigenvalue weighted by Gasteiger charge is -2.32. The van der Waals surface area contributed by atoms with Gasteiger partial charge < -0.3 is 15.2 Å². The quantitative estimate of drug-likeness (QED) is 0.258. The number of anilines is 2. The van der Waals surface area contributed by atoms with Crippen molar-refractivity contribution in [3.05, 3.63) is 89.1 Å². The van der Waals surface area contributed by atoms with Crippen molar-refractivity contribution in [2.75, 3.05) is 10.2 Å². The first-order chi connectivity index (χ1) is 18.2. The van der Waals surface area contributed by atoms with Crippen LogP contribution in [-0.4, -0.2) is 27.6 Å². The summed E-state index contributed by atoms with van der Waals surface area (Å²) in [6.45, 7) is 5.24. The molecule has 1 heterocycles. The Hall–Kier alpha value is -4.31. The van der Waals surface area contributed by atoms with Gasteiger partial charge in [-0.25, -0.2) is 9.78 Å². The summed E-state index contributed by atoms with van der Waals surface area (Å²) >= 11 is 5.65. The maximum Gasteiger partial charge on any atom is 0.417 e. The molecule has 0 aliphatic rings. The van der Waals surface area contributed by atoms with E-state index in [2.05, 4.69) is 10.3 Å². The molecule has 4 rings (SSSR count). The molecule has 0 aliphatic carbocycles. The highest BCUT2D eigenvalue weighted by Gasteiger charge is 2.33. The number of ether oxygens (including phenoxy) is 1. The largest absolute Gasteiger partial charge is 0.465 e. The number of carbonyl (C=O) groups is 2. The molecule has 11 heteroatoms. The van der Waals surface area contributed by atoms with Crippen LogP contribution in [0.15, 0.2) is 72.9 Å². The number of halogens is 4. The summed E-state index contributed by atoms with van der Waals surface area (Å²) in [6, 6.07) is 16.3. The molecule has 202 valence electrons. The van der Waals surface area contributed by atoms with Gasteiger partial charge >= 0.3 is 12.3 Å². The lowest BCUT2D eigenvalue weighted by molar-refractivity contribution is -0.137. The number of pyridine rings is 1. The molecule has 2 N–H and O–H groups in total. The summed E-state index contributed by atoms with van der Waals surface area (Å²) in [7, 11) is 0. The number of benzene rings is 3. The first-order valence-corrected chi connectivity index (χ1v) is 12.0. The number of fused-ring (bicyclic) bond motifs is 1. The minimum Gasteiger partial charge on any atom is -0.465 e. The topological polar surface area (TPSA) is 91.8 Å². The average Bonchev–Trinajstić information content (AvgIpc) is 2.83. The maximum atomic E-state index is 13.2. The first kappa shape index (κ1) is 27.7. The van der Waals surface area contributed by atoms with Gasteiger partial charge in [0.25, 0.3) is 5.91 Å². The van der Waals surface area contributed by atoms with Crippen LogP contribution in [0.4, 0.5) is 29.5 Å². The van der Waals surface area contributed by atoms with Gasteiger partial charge in [-0.2, -0.15) is 13.2 Å². The van der Waals surface area contributed by atoms with Crippen LogP contribution in [0.25, 0.3) is 10.8 Å². The minimum atomic E-state index is -4.66. The Labute approximate surface area is 226 Å². The van der Waals surface area contributed by atoms with Gasteiger partial charge in [0.2, 0.25) is 0 Å². The fourth-order valence-electron chi connectivity index (χ4n) is 3.90. The van der Waals surface area contributed by atoms with Crippen molar-refractivity contribution in [2.24, 2.45) is 0 Å². The van der Waals surface area contributed by atoms with Crippen molar-refractivity contribution in [1.29, 1.82) is 0 Å². The van der Waals surface area contributed by atoms with Crippen LogP contribution < -0.4 is 15.0 Å². The highest BCUT2D eigenvalue weighted by molar-refractivity contribution is 6.31. The predicted molar refractivity (Wildman–Crippen MR) is 143 cm³/mol. The van der Waals surface area contributed by atoms with Gasteiger partial charge in [-0.3, -0.25) is 9.69 Å². The highest BCUT2D eigenvalue weighted by Crippen LogP contribution is 2.36. The molecule has 0 fully saturated rings. The van der Waals surface area contributed by atoms with E-state index in [4.69, 9.17) is 16.3 Å². The maximum absolute atomic E-state index is 13.2. The minimum absolute atomic E-state index is 0.0481. The summed E-state index contributed by atoms with van der Waals surface area (Å²) in [4.78, 5) is 29.9. The van der Waals surface area contributed by atoms with Crippen molar-refractivity contribution in [3.8, 4) is 11.5 Å². The van der Waals surface area contributed by atoms with Crippen molar-refractivity contribution in [3.63, 3.8) is 0 Å². The van der Waals surface area contributed by atoms with Crippen LogP contribution in [-0.2, 0) is 6.18 Å². The summed E-state index contributed by atoms with van der Waals surface area (Å²) in [5, 5.41) is 13.1. The van der Waals surface area contributed by atoms with E-state index in [0.717, 1.165) is 22.4 Å². The van der Waals surface area contributed by atoms with E-state index in [1.807, 2.05) is 0 Å². The van der Waals surface area contributed by atoms with Crippen molar-refractivity contribution in [2.45, 2.75) is 32.5 Å². The monoisotopic (exact) mass is 557 g/mol. The number of rotatable bonds is 5. The lowest BCUT2D eigenvalue weighted by atomic mass is 10.1. The van der Waals surface area contributed by atoms with E-state index < -0.39 is 34.3 Å². The second kappa shape index (κ2) is 10.5. The zero-order chi connectivity index (χ0) is 28.5. The third kappa shape index (κ3) is 6.40. The molecule has 7 nitrogen and oxygen atoms in total. The molecule has 0 unspecified atom stereocenters. The van der Waals surface area contributed by atoms with Gasteiger partial charge in [0.15, 0.2) is 0 Å². The molecule has 0 aliphatic heterocycles. The number of amides is 2. The Kier molecular flexibility index (Phi) is 7.43. The number of carboxylic acid groups (broad SMARTS) is 1. The lowest BCUT2D eigenvalue weighted by Crippen LogP contribution is -2.45. The predicted octanol–water partition coefficient (Wildman–Crippen LogP) is 8.23. The van der Waals surface area contributed by atoms with E-state index in [0.29, 0.717) is 16.9 Å². The zero-order valence-electron chi connectivity index (χ0n) is 21.0. The van der Waals surface area contributed by atoms with Crippen LogP contribution in [0.2, 0.25) is 5.02 Å². The molecule has 0 atom stereocenters. The van der Waals surface area contributed by atoms with Crippen LogP contribution in [0.5, 0.6) is 11.5 Å². The number of nitrogens with zero attached hydrogens (tertiary/aromatic N) is 2. The van der Waals surface area contributed by atoms with Crippen LogP contribution in [0.1, 0.15) is 36.7 Å². The van der Waals surface area contributed by atoms with Crippen LogP contribution in [0.3, 0.4) is 0 Å². The summed E-state index contributed by atoms with van der Waals surface area (Å²) in [5.41, 5.74) is -1.61. The molecule has 3 aromatic carbocycles. The summed E-state index contributed by atoms with van der Waals surface area (Å²) in [5.74, 6) is 0.367. The third-order valence-corrected chi connectivity index (χ3v) is 5.98. The molecular weight excluding hydrogens is 535 g/mol. The molecular formula is C28H23ClF3N3O4. The second-order valence-corrected chi connectivity index (χ2v) is 10.0. The van der Waals surface area contributed by atoms with Crippen molar-refractivity contribution >= 4 is 45.9 Å². The van der Waals surface area contributed by atoms with Crippen LogP contribution in [0, 0.1) is 0 Å². The van der Waals surface area contributed by atoms with E-state index in [1.54, 1.807) is 63.2 Å². The second-order valence-electron chi connectivity index (χ2n) is 9.61. The Bertz CT molecular complexity index is 1570. The Morgan fingerprint density at radius 2 is 1.62 bits per heavy atom. The van der Waals surface area contributed by atoms with E-state index in [1.165, 1.54) is 18.3 Å².